The van der Waals surface area contributed by atoms with Crippen molar-refractivity contribution >= 4 is 0 Å². The van der Waals surface area contributed by atoms with Crippen molar-refractivity contribution in [3.05, 3.63) is 53.1 Å². The summed E-state index contributed by atoms with van der Waals surface area (Å²) in [6, 6.07) is 12.6. The Bertz CT molecular complexity index is 700. The highest BCUT2D eigenvalue weighted by Gasteiger charge is 2.20. The van der Waals surface area contributed by atoms with Crippen LogP contribution in [0.5, 0.6) is 5.75 Å². The van der Waals surface area contributed by atoms with E-state index in [0.717, 1.165) is 16.7 Å². The van der Waals surface area contributed by atoms with Gasteiger partial charge in [-0.25, -0.2) is 0 Å². The highest BCUT2D eigenvalue weighted by atomic mass is 16.3. The summed E-state index contributed by atoms with van der Waals surface area (Å²) in [5, 5.41) is 14.3. The Hall–Kier alpha value is -1.80. The standard InChI is InChI=1S/C22H31NO/c1-15-8-10-16(11-9-15)19-13-18(21(2,3)4)12-17(20(19)24)14-23-22(5,6)7/h8-13,23-24H,14H2,1-7H3. The fraction of sp³-hybridized carbons (Fsp3) is 0.455. The van der Waals surface area contributed by atoms with E-state index in [1.54, 1.807) is 0 Å². The van der Waals surface area contributed by atoms with Gasteiger partial charge in [-0.2, -0.15) is 0 Å². The summed E-state index contributed by atoms with van der Waals surface area (Å²) in [6.45, 7) is 15.8. The van der Waals surface area contributed by atoms with Gasteiger partial charge in [0.2, 0.25) is 0 Å². The molecule has 0 atom stereocenters. The Balaban J connectivity index is 2.54. The monoisotopic (exact) mass is 325 g/mol. The van der Waals surface area contributed by atoms with Crippen molar-refractivity contribution in [1.29, 1.82) is 0 Å². The molecule has 24 heavy (non-hydrogen) atoms. The molecule has 2 nitrogen and oxygen atoms in total. The van der Waals surface area contributed by atoms with Gasteiger partial charge in [0.15, 0.2) is 0 Å². The van der Waals surface area contributed by atoms with Crippen LogP contribution in [0.1, 0.15) is 58.2 Å². The highest BCUT2D eigenvalue weighted by molar-refractivity contribution is 5.73. The third-order valence-corrected chi connectivity index (χ3v) is 4.23. The van der Waals surface area contributed by atoms with Gasteiger partial charge in [-0.1, -0.05) is 56.7 Å². The number of aryl methyl sites for hydroxylation is 1. The Morgan fingerprint density at radius 3 is 2.00 bits per heavy atom. The van der Waals surface area contributed by atoms with Crippen LogP contribution in [-0.4, -0.2) is 10.6 Å². The molecule has 0 saturated heterocycles. The summed E-state index contributed by atoms with van der Waals surface area (Å²) < 4.78 is 0. The normalized spacial score (nSPS) is 12.5. The maximum Gasteiger partial charge on any atom is 0.127 e. The Kier molecular flexibility index (Phi) is 5.10. The van der Waals surface area contributed by atoms with Crippen LogP contribution in [0.2, 0.25) is 0 Å². The van der Waals surface area contributed by atoms with Crippen LogP contribution in [0.3, 0.4) is 0 Å². The molecule has 2 aromatic carbocycles. The van der Waals surface area contributed by atoms with E-state index in [1.807, 2.05) is 0 Å². The lowest BCUT2D eigenvalue weighted by molar-refractivity contribution is 0.411. The molecule has 0 aliphatic rings. The van der Waals surface area contributed by atoms with E-state index in [9.17, 15) is 5.11 Å². The van der Waals surface area contributed by atoms with E-state index in [0.29, 0.717) is 12.3 Å². The van der Waals surface area contributed by atoms with Gasteiger partial charge in [-0.05, 0) is 50.3 Å². The van der Waals surface area contributed by atoms with E-state index < -0.39 is 0 Å². The van der Waals surface area contributed by atoms with Crippen LogP contribution in [0, 0.1) is 6.92 Å². The van der Waals surface area contributed by atoms with Crippen LogP contribution in [0.4, 0.5) is 0 Å². The Morgan fingerprint density at radius 2 is 1.50 bits per heavy atom. The van der Waals surface area contributed by atoms with Crippen LogP contribution in [0.25, 0.3) is 11.1 Å². The number of hydrogen-bond donors (Lipinski definition) is 2. The van der Waals surface area contributed by atoms with Crippen molar-refractivity contribution in [3.8, 4) is 16.9 Å². The number of hydrogen-bond acceptors (Lipinski definition) is 2. The van der Waals surface area contributed by atoms with Crippen LogP contribution in [-0.2, 0) is 12.0 Å². The first-order valence-corrected chi connectivity index (χ1v) is 8.66. The van der Waals surface area contributed by atoms with Crippen molar-refractivity contribution in [2.75, 3.05) is 0 Å². The van der Waals surface area contributed by atoms with Gasteiger partial charge >= 0.3 is 0 Å². The molecule has 0 aliphatic carbocycles. The van der Waals surface area contributed by atoms with Crippen molar-refractivity contribution in [1.82, 2.24) is 5.32 Å². The van der Waals surface area contributed by atoms with Gasteiger partial charge in [-0.3, -0.25) is 0 Å². The number of benzene rings is 2. The van der Waals surface area contributed by atoms with Gasteiger partial charge in [0.25, 0.3) is 0 Å². The molecule has 0 saturated carbocycles. The topological polar surface area (TPSA) is 32.3 Å². The maximum absolute atomic E-state index is 10.9. The minimum Gasteiger partial charge on any atom is -0.507 e. The third kappa shape index (κ3) is 4.61. The minimum absolute atomic E-state index is 0.00813. The molecular formula is C22H31NO. The fourth-order valence-electron chi connectivity index (χ4n) is 2.58. The third-order valence-electron chi connectivity index (χ3n) is 4.23. The zero-order chi connectivity index (χ0) is 18.1. The number of rotatable bonds is 3. The molecule has 0 fully saturated rings. The Morgan fingerprint density at radius 1 is 0.917 bits per heavy atom. The van der Waals surface area contributed by atoms with E-state index in [2.05, 4.69) is 90.2 Å². The molecule has 0 amide bonds. The van der Waals surface area contributed by atoms with Crippen LogP contribution >= 0.6 is 0 Å². The lowest BCUT2D eigenvalue weighted by atomic mass is 9.83. The number of aromatic hydroxyl groups is 1. The molecule has 0 radical (unpaired) electrons. The molecule has 0 unspecified atom stereocenters. The SMILES string of the molecule is Cc1ccc(-c2cc(C(C)(C)C)cc(CNC(C)(C)C)c2O)cc1. The molecule has 2 N–H and O–H groups in total. The average molecular weight is 325 g/mol. The van der Waals surface area contributed by atoms with E-state index in [-0.39, 0.29) is 11.0 Å². The van der Waals surface area contributed by atoms with Crippen molar-refractivity contribution in [3.63, 3.8) is 0 Å². The van der Waals surface area contributed by atoms with Gasteiger partial charge in [-0.15, -0.1) is 0 Å². The first-order valence-electron chi connectivity index (χ1n) is 8.66. The smallest absolute Gasteiger partial charge is 0.127 e. The van der Waals surface area contributed by atoms with E-state index in [1.165, 1.54) is 11.1 Å². The molecule has 0 bridgehead atoms. The molecule has 2 rings (SSSR count). The van der Waals surface area contributed by atoms with Gasteiger partial charge < -0.3 is 10.4 Å². The first-order chi connectivity index (χ1) is 11.0. The summed E-state index contributed by atoms with van der Waals surface area (Å²) in [7, 11) is 0. The predicted molar refractivity (Wildman–Crippen MR) is 104 cm³/mol. The lowest BCUT2D eigenvalue weighted by Crippen LogP contribution is -2.35. The zero-order valence-electron chi connectivity index (χ0n) is 16.1. The minimum atomic E-state index is 0.00813. The first kappa shape index (κ1) is 18.5. The quantitative estimate of drug-likeness (QED) is 0.775. The molecule has 0 heterocycles. The number of phenols is 1. The van der Waals surface area contributed by atoms with E-state index in [4.69, 9.17) is 0 Å². The number of nitrogens with one attached hydrogen (secondary N) is 1. The molecule has 2 aromatic rings. The summed E-state index contributed by atoms with van der Waals surface area (Å²) in [4.78, 5) is 0. The molecule has 0 spiro atoms. The summed E-state index contributed by atoms with van der Waals surface area (Å²) in [5.41, 5.74) is 5.42. The highest BCUT2D eigenvalue weighted by Crippen LogP contribution is 2.37. The van der Waals surface area contributed by atoms with Crippen LogP contribution in [0.15, 0.2) is 36.4 Å². The van der Waals surface area contributed by atoms with E-state index >= 15 is 0 Å². The number of phenolic OH excluding ortho intramolecular Hbond substituents is 1. The summed E-state index contributed by atoms with van der Waals surface area (Å²) in [6.07, 6.45) is 0. The Labute approximate surface area is 146 Å². The molecule has 2 heteroatoms. The maximum atomic E-state index is 10.9. The van der Waals surface area contributed by atoms with Gasteiger partial charge in [0, 0.05) is 23.2 Å². The fourth-order valence-corrected chi connectivity index (χ4v) is 2.58. The average Bonchev–Trinajstić information content (AvgIpc) is 2.45. The molecule has 0 aromatic heterocycles. The zero-order valence-corrected chi connectivity index (χ0v) is 16.1. The second-order valence-corrected chi connectivity index (χ2v) is 8.75. The van der Waals surface area contributed by atoms with Crippen molar-refractivity contribution in [2.45, 2.75) is 66.0 Å². The molecule has 130 valence electrons. The largest absolute Gasteiger partial charge is 0.507 e. The summed E-state index contributed by atoms with van der Waals surface area (Å²) >= 11 is 0. The van der Waals surface area contributed by atoms with Crippen molar-refractivity contribution in [2.24, 2.45) is 0 Å². The second-order valence-electron chi connectivity index (χ2n) is 8.75. The molecular weight excluding hydrogens is 294 g/mol. The van der Waals surface area contributed by atoms with Crippen LogP contribution < -0.4 is 5.32 Å². The predicted octanol–water partition coefficient (Wildman–Crippen LogP) is 5.55. The van der Waals surface area contributed by atoms with Gasteiger partial charge in [0.05, 0.1) is 0 Å². The second kappa shape index (κ2) is 6.60. The van der Waals surface area contributed by atoms with Gasteiger partial charge in [0.1, 0.15) is 5.75 Å². The summed E-state index contributed by atoms with van der Waals surface area (Å²) in [5.74, 6) is 0.378. The van der Waals surface area contributed by atoms with Crippen molar-refractivity contribution < 1.29 is 5.11 Å². The lowest BCUT2D eigenvalue weighted by Gasteiger charge is -2.25. The molecule has 0 aliphatic heterocycles.